The van der Waals surface area contributed by atoms with Gasteiger partial charge in [-0.1, -0.05) is 13.8 Å². The van der Waals surface area contributed by atoms with Crippen molar-refractivity contribution < 1.29 is 13.6 Å². The van der Waals surface area contributed by atoms with Gasteiger partial charge in [0.2, 0.25) is 5.92 Å². The molecule has 1 nitrogen and oxygen atoms in total. The molecule has 0 bridgehead atoms. The van der Waals surface area contributed by atoms with Crippen molar-refractivity contribution in [3.05, 3.63) is 0 Å². The number of carbonyl (C=O) groups is 1. The molecule has 3 fully saturated rings. The first-order chi connectivity index (χ1) is 7.75. The predicted octanol–water partition coefficient (Wildman–Crippen LogP) is 3.82. The first-order valence-electron chi connectivity index (χ1n) is 6.67. The molecule has 3 aliphatic rings. The summed E-state index contributed by atoms with van der Waals surface area (Å²) in [6, 6.07) is 0. The van der Waals surface area contributed by atoms with Crippen molar-refractivity contribution in [1.82, 2.24) is 0 Å². The molecule has 0 aromatic carbocycles. The van der Waals surface area contributed by atoms with Crippen LogP contribution in [0.3, 0.4) is 0 Å². The highest BCUT2D eigenvalue weighted by Gasteiger charge is 2.69. The van der Waals surface area contributed by atoms with Crippen molar-refractivity contribution in [1.29, 1.82) is 0 Å². The average molecular weight is 242 g/mol. The normalized spacial score (nSPS) is 32.1. The lowest BCUT2D eigenvalue weighted by molar-refractivity contribution is -0.254. The molecule has 3 saturated carbocycles. The first kappa shape index (κ1) is 11.6. The summed E-state index contributed by atoms with van der Waals surface area (Å²) >= 11 is 0. The third-order valence-electron chi connectivity index (χ3n) is 5.10. The Balaban J connectivity index is 1.50. The van der Waals surface area contributed by atoms with E-state index in [0.717, 1.165) is 25.7 Å². The maximum absolute atomic E-state index is 12.9. The fraction of sp³-hybridized carbons (Fsp3) is 0.929. The second-order valence-corrected chi connectivity index (χ2v) is 7.23. The summed E-state index contributed by atoms with van der Waals surface area (Å²) in [4.78, 5) is 11.8. The molecule has 0 atom stereocenters. The fourth-order valence-corrected chi connectivity index (χ4v) is 4.78. The van der Waals surface area contributed by atoms with Gasteiger partial charge in [-0.05, 0) is 36.5 Å². The number of carbonyl (C=O) groups excluding carboxylic acids is 1. The molecule has 0 saturated heterocycles. The van der Waals surface area contributed by atoms with Crippen molar-refractivity contribution in [3.63, 3.8) is 0 Å². The molecule has 0 unspecified atom stereocenters. The maximum atomic E-state index is 12.9. The monoisotopic (exact) mass is 242 g/mol. The zero-order valence-corrected chi connectivity index (χ0v) is 10.6. The van der Waals surface area contributed by atoms with Crippen LogP contribution < -0.4 is 0 Å². The van der Waals surface area contributed by atoms with Crippen molar-refractivity contribution in [3.8, 4) is 0 Å². The number of ketones is 1. The number of alkyl halides is 2. The van der Waals surface area contributed by atoms with E-state index in [1.54, 1.807) is 0 Å². The second-order valence-electron chi connectivity index (χ2n) is 7.23. The Hall–Kier alpha value is -0.470. The van der Waals surface area contributed by atoms with Gasteiger partial charge in [-0.3, -0.25) is 4.79 Å². The van der Waals surface area contributed by atoms with E-state index in [4.69, 9.17) is 0 Å². The average Bonchev–Trinajstić information content (AvgIpc) is 2.03. The Morgan fingerprint density at radius 1 is 1.06 bits per heavy atom. The molecule has 0 radical (unpaired) electrons. The Morgan fingerprint density at radius 2 is 1.59 bits per heavy atom. The Labute approximate surface area is 101 Å². The van der Waals surface area contributed by atoms with E-state index < -0.39 is 5.92 Å². The molecule has 0 heterocycles. The summed E-state index contributed by atoms with van der Waals surface area (Å²) in [5.74, 6) is -1.67. The summed E-state index contributed by atoms with van der Waals surface area (Å²) in [5.41, 5.74) is 0.251. The molecule has 96 valence electrons. The van der Waals surface area contributed by atoms with Gasteiger partial charge in [0.25, 0.3) is 0 Å². The van der Waals surface area contributed by atoms with Crippen molar-refractivity contribution in [2.75, 3.05) is 0 Å². The number of hydrogen-bond acceptors (Lipinski definition) is 1. The molecule has 3 heteroatoms. The van der Waals surface area contributed by atoms with Gasteiger partial charge in [0, 0.05) is 24.7 Å². The van der Waals surface area contributed by atoms with Gasteiger partial charge in [-0.15, -0.1) is 0 Å². The highest BCUT2D eigenvalue weighted by Crippen LogP contribution is 2.74. The topological polar surface area (TPSA) is 17.1 Å². The lowest BCUT2D eigenvalue weighted by atomic mass is 9.37. The van der Waals surface area contributed by atoms with Crippen molar-refractivity contribution in [2.45, 2.75) is 58.3 Å². The van der Waals surface area contributed by atoms with Crippen LogP contribution in [0.5, 0.6) is 0 Å². The minimum atomic E-state index is -2.39. The molecule has 0 amide bonds. The number of rotatable bonds is 2. The Morgan fingerprint density at radius 3 is 2.00 bits per heavy atom. The van der Waals surface area contributed by atoms with E-state index in [2.05, 4.69) is 0 Å². The van der Waals surface area contributed by atoms with Gasteiger partial charge >= 0.3 is 0 Å². The third-order valence-corrected chi connectivity index (χ3v) is 5.10. The molecule has 3 aliphatic carbocycles. The van der Waals surface area contributed by atoms with E-state index in [1.807, 2.05) is 13.8 Å². The van der Waals surface area contributed by atoms with Crippen LogP contribution in [0.1, 0.15) is 52.4 Å². The predicted molar refractivity (Wildman–Crippen MR) is 60.9 cm³/mol. The lowest BCUT2D eigenvalue weighted by Gasteiger charge is -2.68. The molecule has 17 heavy (non-hydrogen) atoms. The van der Waals surface area contributed by atoms with Gasteiger partial charge in [0.05, 0.1) is 0 Å². The summed E-state index contributed by atoms with van der Waals surface area (Å²) < 4.78 is 25.8. The van der Waals surface area contributed by atoms with Gasteiger partial charge in [0.1, 0.15) is 5.78 Å². The second kappa shape index (κ2) is 3.10. The number of Topliss-reactive ketones (excluding diaryl/α,β-unsaturated/α-hetero) is 1. The van der Waals surface area contributed by atoms with E-state index in [-0.39, 0.29) is 35.5 Å². The van der Waals surface area contributed by atoms with E-state index in [1.165, 1.54) is 0 Å². The third kappa shape index (κ3) is 1.65. The molecule has 0 aliphatic heterocycles. The first-order valence-corrected chi connectivity index (χ1v) is 6.67. The van der Waals surface area contributed by atoms with Crippen LogP contribution in [0.15, 0.2) is 0 Å². The quantitative estimate of drug-likeness (QED) is 0.719. The largest absolute Gasteiger partial charge is 0.299 e. The standard InChI is InChI=1S/C14H20F2O/c1-9(2)11(17)10-3-12(4-10)5-13(6-12)7-14(15,16)8-13/h9-10H,3-8H2,1-2H3. The molecule has 3 rings (SSSR count). The molecular formula is C14H20F2O. The van der Waals surface area contributed by atoms with E-state index >= 15 is 0 Å². The molecule has 0 aromatic heterocycles. The number of hydrogen-bond donors (Lipinski definition) is 0. The maximum Gasteiger partial charge on any atom is 0.249 e. The highest BCUT2D eigenvalue weighted by atomic mass is 19.3. The zero-order valence-electron chi connectivity index (χ0n) is 10.6. The molecule has 0 N–H and O–H groups in total. The Bertz CT molecular complexity index is 348. The summed E-state index contributed by atoms with van der Waals surface area (Å²) in [7, 11) is 0. The fourth-order valence-electron chi connectivity index (χ4n) is 4.78. The summed E-state index contributed by atoms with van der Waals surface area (Å²) in [5, 5.41) is 0. The zero-order chi connectivity index (χ0) is 12.5. The smallest absolute Gasteiger partial charge is 0.249 e. The van der Waals surface area contributed by atoms with Gasteiger partial charge in [-0.2, -0.15) is 0 Å². The van der Waals surface area contributed by atoms with Crippen LogP contribution in [0.2, 0.25) is 0 Å². The van der Waals surface area contributed by atoms with Crippen molar-refractivity contribution >= 4 is 5.78 Å². The summed E-state index contributed by atoms with van der Waals surface area (Å²) in [6.45, 7) is 3.89. The minimum Gasteiger partial charge on any atom is -0.299 e. The SMILES string of the molecule is CC(C)C(=O)C1CC2(C1)CC1(CC(F)(F)C1)C2. The lowest BCUT2D eigenvalue weighted by Crippen LogP contribution is -2.62. The van der Waals surface area contributed by atoms with Crippen LogP contribution in [-0.2, 0) is 4.79 Å². The van der Waals surface area contributed by atoms with Crippen LogP contribution in [0.25, 0.3) is 0 Å². The minimum absolute atomic E-state index is 0.0324. The highest BCUT2D eigenvalue weighted by molar-refractivity contribution is 5.83. The van der Waals surface area contributed by atoms with Gasteiger partial charge in [0.15, 0.2) is 0 Å². The van der Waals surface area contributed by atoms with Crippen LogP contribution in [0.4, 0.5) is 8.78 Å². The number of halogens is 2. The van der Waals surface area contributed by atoms with E-state index in [0.29, 0.717) is 5.78 Å². The van der Waals surface area contributed by atoms with Gasteiger partial charge in [-0.25, -0.2) is 8.78 Å². The molecule has 0 aromatic rings. The molecule has 2 spiro atoms. The van der Waals surface area contributed by atoms with E-state index in [9.17, 15) is 13.6 Å². The van der Waals surface area contributed by atoms with Crippen LogP contribution >= 0.6 is 0 Å². The Kier molecular flexibility index (Phi) is 2.12. The van der Waals surface area contributed by atoms with Gasteiger partial charge < -0.3 is 0 Å². The van der Waals surface area contributed by atoms with Crippen molar-refractivity contribution in [2.24, 2.45) is 22.7 Å². The summed E-state index contributed by atoms with van der Waals surface area (Å²) in [6.07, 6.45) is 4.05. The molecular weight excluding hydrogens is 222 g/mol. The van der Waals surface area contributed by atoms with Crippen LogP contribution in [-0.4, -0.2) is 11.7 Å². The van der Waals surface area contributed by atoms with Crippen LogP contribution in [0, 0.1) is 22.7 Å².